The van der Waals surface area contributed by atoms with Crippen molar-refractivity contribution in [1.82, 2.24) is 10.2 Å². The van der Waals surface area contributed by atoms with Crippen molar-refractivity contribution < 1.29 is 4.42 Å². The van der Waals surface area contributed by atoms with E-state index in [1.807, 2.05) is 6.92 Å². The third-order valence-corrected chi connectivity index (χ3v) is 5.52. The molecule has 2 rings (SSSR count). The minimum atomic E-state index is 0.270. The van der Waals surface area contributed by atoms with E-state index < -0.39 is 0 Å². The number of aryl methyl sites for hydroxylation is 2. The van der Waals surface area contributed by atoms with Gasteiger partial charge in [-0.15, -0.1) is 0 Å². The lowest BCUT2D eigenvalue weighted by molar-refractivity contribution is 0.0395. The predicted molar refractivity (Wildman–Crippen MR) is 88.7 cm³/mol. The monoisotopic (exact) mass is 292 g/mol. The van der Waals surface area contributed by atoms with Crippen LogP contribution < -0.4 is 5.32 Å². The van der Waals surface area contributed by atoms with Gasteiger partial charge in [0, 0.05) is 36.3 Å². The normalized spacial score (nSPS) is 24.2. The van der Waals surface area contributed by atoms with E-state index in [1.54, 1.807) is 0 Å². The molecule has 0 radical (unpaired) electrons. The van der Waals surface area contributed by atoms with Crippen LogP contribution in [0.1, 0.15) is 70.1 Å². The Kier molecular flexibility index (Phi) is 5.15. The van der Waals surface area contributed by atoms with Crippen molar-refractivity contribution in [3.05, 3.63) is 23.2 Å². The van der Waals surface area contributed by atoms with Crippen LogP contribution in [-0.4, -0.2) is 29.6 Å². The van der Waals surface area contributed by atoms with E-state index in [0.717, 1.165) is 24.6 Å². The number of hydrogen-bond donors (Lipinski definition) is 1. The molecule has 1 aliphatic rings. The lowest BCUT2D eigenvalue weighted by atomic mass is 9.86. The van der Waals surface area contributed by atoms with E-state index in [0.29, 0.717) is 12.1 Å². The van der Waals surface area contributed by atoms with Gasteiger partial charge in [-0.1, -0.05) is 20.8 Å². The van der Waals surface area contributed by atoms with Crippen molar-refractivity contribution in [2.24, 2.45) is 0 Å². The van der Waals surface area contributed by atoms with E-state index in [2.05, 4.69) is 50.9 Å². The second-order valence-corrected chi connectivity index (χ2v) is 6.65. The summed E-state index contributed by atoms with van der Waals surface area (Å²) < 4.78 is 5.76. The Bertz CT molecular complexity index is 462. The Morgan fingerprint density at radius 3 is 2.48 bits per heavy atom. The third-order valence-electron chi connectivity index (χ3n) is 5.52. The average molecular weight is 292 g/mol. The minimum Gasteiger partial charge on any atom is -0.466 e. The maximum atomic E-state index is 5.76. The molecule has 3 nitrogen and oxygen atoms in total. The van der Waals surface area contributed by atoms with Gasteiger partial charge < -0.3 is 9.73 Å². The second-order valence-electron chi connectivity index (χ2n) is 6.65. The standard InChI is InChI=1S/C18H32N2O/c1-7-16-11-19-18(8-2,9-3)12-20(16)14(5)17-10-13(4)21-15(17)6/h10,14,16,19H,7-9,11-12H2,1-6H3. The fourth-order valence-corrected chi connectivity index (χ4v) is 3.79. The van der Waals surface area contributed by atoms with E-state index in [4.69, 9.17) is 4.42 Å². The van der Waals surface area contributed by atoms with E-state index >= 15 is 0 Å². The van der Waals surface area contributed by atoms with Crippen molar-refractivity contribution in [3.63, 3.8) is 0 Å². The Labute approximate surface area is 130 Å². The van der Waals surface area contributed by atoms with Crippen molar-refractivity contribution in [2.45, 2.75) is 78.4 Å². The molecule has 1 aromatic heterocycles. The van der Waals surface area contributed by atoms with Crippen LogP contribution in [-0.2, 0) is 0 Å². The number of nitrogens with zero attached hydrogens (tertiary/aromatic N) is 1. The highest BCUT2D eigenvalue weighted by molar-refractivity contribution is 5.24. The van der Waals surface area contributed by atoms with Gasteiger partial charge >= 0.3 is 0 Å². The largest absolute Gasteiger partial charge is 0.466 e. The van der Waals surface area contributed by atoms with Gasteiger partial charge in [0.1, 0.15) is 11.5 Å². The molecule has 0 saturated carbocycles. The van der Waals surface area contributed by atoms with E-state index in [9.17, 15) is 0 Å². The van der Waals surface area contributed by atoms with Crippen LogP contribution in [0.2, 0.25) is 0 Å². The first kappa shape index (κ1) is 16.6. The molecule has 2 unspecified atom stereocenters. The lowest BCUT2D eigenvalue weighted by Crippen LogP contribution is -2.63. The van der Waals surface area contributed by atoms with Crippen LogP contribution in [0.15, 0.2) is 10.5 Å². The average Bonchev–Trinajstić information content (AvgIpc) is 2.84. The summed E-state index contributed by atoms with van der Waals surface area (Å²) in [6, 6.07) is 3.25. The van der Waals surface area contributed by atoms with Crippen molar-refractivity contribution >= 4 is 0 Å². The summed E-state index contributed by atoms with van der Waals surface area (Å²) in [7, 11) is 0. The summed E-state index contributed by atoms with van der Waals surface area (Å²) in [4.78, 5) is 2.70. The topological polar surface area (TPSA) is 28.4 Å². The van der Waals surface area contributed by atoms with Crippen LogP contribution in [0.4, 0.5) is 0 Å². The molecule has 1 aliphatic heterocycles. The van der Waals surface area contributed by atoms with Gasteiger partial charge in [-0.25, -0.2) is 0 Å². The van der Waals surface area contributed by atoms with Gasteiger partial charge in [-0.3, -0.25) is 4.90 Å². The molecule has 1 fully saturated rings. The molecule has 0 aliphatic carbocycles. The zero-order chi connectivity index (χ0) is 15.6. The van der Waals surface area contributed by atoms with Crippen LogP contribution in [0.25, 0.3) is 0 Å². The van der Waals surface area contributed by atoms with Crippen LogP contribution >= 0.6 is 0 Å². The van der Waals surface area contributed by atoms with Crippen molar-refractivity contribution in [1.29, 1.82) is 0 Å². The third kappa shape index (κ3) is 3.19. The molecule has 1 aromatic rings. The molecule has 0 aromatic carbocycles. The number of piperazine rings is 1. The number of rotatable bonds is 5. The van der Waals surface area contributed by atoms with Crippen molar-refractivity contribution in [2.75, 3.05) is 13.1 Å². The Morgan fingerprint density at radius 1 is 1.33 bits per heavy atom. The zero-order valence-corrected chi connectivity index (χ0v) is 14.6. The van der Waals surface area contributed by atoms with Gasteiger partial charge in [0.05, 0.1) is 0 Å². The highest BCUT2D eigenvalue weighted by Crippen LogP contribution is 2.33. The summed E-state index contributed by atoms with van der Waals surface area (Å²) >= 11 is 0. The Balaban J connectivity index is 2.26. The molecule has 1 saturated heterocycles. The molecule has 120 valence electrons. The molecule has 0 bridgehead atoms. The summed E-state index contributed by atoms with van der Waals surface area (Å²) in [5, 5.41) is 3.82. The zero-order valence-electron chi connectivity index (χ0n) is 14.6. The smallest absolute Gasteiger partial charge is 0.105 e. The van der Waals surface area contributed by atoms with Gasteiger partial charge in [-0.05, 0) is 46.1 Å². The number of furan rings is 1. The molecule has 2 atom stereocenters. The van der Waals surface area contributed by atoms with Gasteiger partial charge in [0.15, 0.2) is 0 Å². The molecule has 0 spiro atoms. The first-order valence-electron chi connectivity index (χ1n) is 8.54. The molecule has 2 heterocycles. The summed E-state index contributed by atoms with van der Waals surface area (Å²) in [6.45, 7) is 15.6. The Morgan fingerprint density at radius 2 is 2.00 bits per heavy atom. The summed E-state index contributed by atoms with van der Waals surface area (Å²) in [5.74, 6) is 2.10. The van der Waals surface area contributed by atoms with Crippen LogP contribution in [0.3, 0.4) is 0 Å². The van der Waals surface area contributed by atoms with Gasteiger partial charge in [0.2, 0.25) is 0 Å². The molecular weight excluding hydrogens is 260 g/mol. The first-order chi connectivity index (χ1) is 9.96. The Hall–Kier alpha value is -0.800. The van der Waals surface area contributed by atoms with Gasteiger partial charge in [0.25, 0.3) is 0 Å². The highest BCUT2D eigenvalue weighted by Gasteiger charge is 2.38. The van der Waals surface area contributed by atoms with Crippen molar-refractivity contribution in [3.8, 4) is 0 Å². The van der Waals surface area contributed by atoms with Crippen LogP contribution in [0, 0.1) is 13.8 Å². The summed E-state index contributed by atoms with van der Waals surface area (Å²) in [6.07, 6.45) is 3.57. The second kappa shape index (κ2) is 6.53. The maximum Gasteiger partial charge on any atom is 0.105 e. The fourth-order valence-electron chi connectivity index (χ4n) is 3.79. The predicted octanol–water partition coefficient (Wildman–Crippen LogP) is 4.20. The maximum absolute atomic E-state index is 5.76. The minimum absolute atomic E-state index is 0.270. The van der Waals surface area contributed by atoms with Crippen LogP contribution in [0.5, 0.6) is 0 Å². The number of hydrogen-bond acceptors (Lipinski definition) is 3. The molecule has 21 heavy (non-hydrogen) atoms. The lowest BCUT2D eigenvalue weighted by Gasteiger charge is -2.49. The first-order valence-corrected chi connectivity index (χ1v) is 8.54. The fraction of sp³-hybridized carbons (Fsp3) is 0.778. The molecule has 1 N–H and O–H groups in total. The SMILES string of the molecule is CCC1CNC(CC)(CC)CN1C(C)c1cc(C)oc1C. The van der Waals surface area contributed by atoms with E-state index in [-0.39, 0.29) is 5.54 Å². The molecular formula is C18H32N2O. The summed E-state index contributed by atoms with van der Waals surface area (Å²) in [5.41, 5.74) is 1.63. The highest BCUT2D eigenvalue weighted by atomic mass is 16.3. The quantitative estimate of drug-likeness (QED) is 0.881. The number of nitrogens with one attached hydrogen (secondary N) is 1. The van der Waals surface area contributed by atoms with Gasteiger partial charge in [-0.2, -0.15) is 0 Å². The van der Waals surface area contributed by atoms with E-state index in [1.165, 1.54) is 24.8 Å². The molecule has 3 heteroatoms. The molecule has 0 amide bonds.